The Bertz CT molecular complexity index is 547. The molecule has 4 nitrogen and oxygen atoms in total. The summed E-state index contributed by atoms with van der Waals surface area (Å²) in [6, 6.07) is 4.43. The Morgan fingerprint density at radius 2 is 2.06 bits per heavy atom. The molecule has 1 aromatic heterocycles. The van der Waals surface area contributed by atoms with Gasteiger partial charge in [-0.3, -0.25) is 0 Å². The monoisotopic (exact) mass is 245 g/mol. The van der Waals surface area contributed by atoms with Gasteiger partial charge >= 0.3 is 6.18 Å². The van der Waals surface area contributed by atoms with E-state index in [1.165, 1.54) is 18.2 Å². The molecule has 0 spiro atoms. The zero-order valence-electron chi connectivity index (χ0n) is 8.70. The summed E-state index contributed by atoms with van der Waals surface area (Å²) >= 11 is 0. The Hall–Kier alpha value is -1.76. The van der Waals surface area contributed by atoms with E-state index in [1.807, 2.05) is 0 Å². The molecule has 0 aliphatic carbocycles. The van der Waals surface area contributed by atoms with Gasteiger partial charge in [-0.15, -0.1) is 0 Å². The van der Waals surface area contributed by atoms with Crippen LogP contribution in [0.25, 0.3) is 11.0 Å². The second-order valence-corrected chi connectivity index (χ2v) is 3.64. The van der Waals surface area contributed by atoms with Gasteiger partial charge in [0.1, 0.15) is 19.0 Å². The van der Waals surface area contributed by atoms with Crippen molar-refractivity contribution in [3.63, 3.8) is 0 Å². The molecule has 0 aliphatic rings. The van der Waals surface area contributed by atoms with Crippen LogP contribution in [0.4, 0.5) is 18.9 Å². The SMILES string of the molecule is Nc1ccc2c(c1)nc(CO)n2CC(F)(F)F. The fourth-order valence-electron chi connectivity index (χ4n) is 1.67. The van der Waals surface area contributed by atoms with E-state index < -0.39 is 19.3 Å². The fraction of sp³-hybridized carbons (Fsp3) is 0.300. The Balaban J connectivity index is 2.58. The van der Waals surface area contributed by atoms with E-state index in [4.69, 9.17) is 10.8 Å². The number of fused-ring (bicyclic) bond motifs is 1. The third kappa shape index (κ3) is 2.33. The zero-order chi connectivity index (χ0) is 12.6. The number of rotatable bonds is 2. The first-order chi connectivity index (χ1) is 7.90. The summed E-state index contributed by atoms with van der Waals surface area (Å²) in [7, 11) is 0. The van der Waals surface area contributed by atoms with Gasteiger partial charge in [-0.05, 0) is 18.2 Å². The van der Waals surface area contributed by atoms with E-state index >= 15 is 0 Å². The van der Waals surface area contributed by atoms with Crippen molar-refractivity contribution in [1.82, 2.24) is 9.55 Å². The van der Waals surface area contributed by atoms with Crippen molar-refractivity contribution in [2.24, 2.45) is 0 Å². The number of nitrogens with two attached hydrogens (primary N) is 1. The number of imidazole rings is 1. The summed E-state index contributed by atoms with van der Waals surface area (Å²) < 4.78 is 38.1. The lowest BCUT2D eigenvalue weighted by Gasteiger charge is -2.10. The molecule has 0 aliphatic heterocycles. The van der Waals surface area contributed by atoms with Crippen LogP contribution in [-0.4, -0.2) is 20.8 Å². The summed E-state index contributed by atoms with van der Waals surface area (Å²) in [6.07, 6.45) is -4.36. The van der Waals surface area contributed by atoms with Gasteiger partial charge in [-0.25, -0.2) is 4.98 Å². The highest BCUT2D eigenvalue weighted by Crippen LogP contribution is 2.24. The smallest absolute Gasteiger partial charge is 0.399 e. The number of benzene rings is 1. The number of halogens is 3. The molecule has 0 saturated carbocycles. The van der Waals surface area contributed by atoms with E-state index in [0.717, 1.165) is 4.57 Å². The normalized spacial score (nSPS) is 12.2. The second-order valence-electron chi connectivity index (χ2n) is 3.64. The third-order valence-corrected chi connectivity index (χ3v) is 2.33. The molecule has 0 radical (unpaired) electrons. The van der Waals surface area contributed by atoms with Crippen molar-refractivity contribution in [1.29, 1.82) is 0 Å². The topological polar surface area (TPSA) is 64.1 Å². The first-order valence-corrected chi connectivity index (χ1v) is 4.83. The molecule has 17 heavy (non-hydrogen) atoms. The van der Waals surface area contributed by atoms with Crippen molar-refractivity contribution < 1.29 is 18.3 Å². The van der Waals surface area contributed by atoms with Gasteiger partial charge in [-0.1, -0.05) is 0 Å². The molecule has 0 fully saturated rings. The molecular formula is C10H10F3N3O. The number of aromatic nitrogens is 2. The van der Waals surface area contributed by atoms with Gasteiger partial charge in [0.2, 0.25) is 0 Å². The fourth-order valence-corrected chi connectivity index (χ4v) is 1.67. The van der Waals surface area contributed by atoms with Crippen LogP contribution in [0.1, 0.15) is 5.82 Å². The summed E-state index contributed by atoms with van der Waals surface area (Å²) in [5.41, 5.74) is 6.59. The number of anilines is 1. The predicted octanol–water partition coefficient (Wildman–Crippen LogP) is 1.67. The van der Waals surface area contributed by atoms with Gasteiger partial charge in [0.15, 0.2) is 0 Å². The Labute approximate surface area is 94.5 Å². The molecular weight excluding hydrogens is 235 g/mol. The molecule has 2 aromatic rings. The van der Waals surface area contributed by atoms with Crippen LogP contribution in [0.2, 0.25) is 0 Å². The average Bonchev–Trinajstić information content (AvgIpc) is 2.53. The van der Waals surface area contributed by atoms with Gasteiger partial charge in [0.25, 0.3) is 0 Å². The Morgan fingerprint density at radius 1 is 1.35 bits per heavy atom. The lowest BCUT2D eigenvalue weighted by Crippen LogP contribution is -2.19. The van der Waals surface area contributed by atoms with Crippen LogP contribution < -0.4 is 5.73 Å². The van der Waals surface area contributed by atoms with Crippen LogP contribution in [0.3, 0.4) is 0 Å². The predicted molar refractivity (Wildman–Crippen MR) is 56.1 cm³/mol. The minimum atomic E-state index is -4.36. The van der Waals surface area contributed by atoms with Crippen LogP contribution >= 0.6 is 0 Å². The van der Waals surface area contributed by atoms with Crippen LogP contribution in [0, 0.1) is 0 Å². The van der Waals surface area contributed by atoms with Gasteiger partial charge in [0.05, 0.1) is 11.0 Å². The highest BCUT2D eigenvalue weighted by molar-refractivity contribution is 5.79. The van der Waals surface area contributed by atoms with Crippen LogP contribution in [0.15, 0.2) is 18.2 Å². The van der Waals surface area contributed by atoms with E-state index in [-0.39, 0.29) is 5.82 Å². The number of hydrogen-bond donors (Lipinski definition) is 2. The lowest BCUT2D eigenvalue weighted by molar-refractivity contribution is -0.140. The highest BCUT2D eigenvalue weighted by Gasteiger charge is 2.30. The van der Waals surface area contributed by atoms with Crippen LogP contribution in [0.5, 0.6) is 0 Å². The van der Waals surface area contributed by atoms with Crippen molar-refractivity contribution in [3.8, 4) is 0 Å². The number of nitrogens with zero attached hydrogens (tertiary/aromatic N) is 2. The molecule has 0 atom stereocenters. The van der Waals surface area contributed by atoms with Gasteiger partial charge < -0.3 is 15.4 Å². The Morgan fingerprint density at radius 3 is 2.65 bits per heavy atom. The maximum absolute atomic E-state index is 12.4. The standard InChI is InChI=1S/C10H10F3N3O/c11-10(12,13)5-16-8-2-1-6(14)3-7(8)15-9(16)4-17/h1-3,17H,4-5,14H2. The molecule has 2 rings (SSSR count). The highest BCUT2D eigenvalue weighted by atomic mass is 19.4. The molecule has 1 aromatic carbocycles. The van der Waals surface area contributed by atoms with Crippen molar-refractivity contribution >= 4 is 16.7 Å². The zero-order valence-corrected chi connectivity index (χ0v) is 8.70. The number of nitrogen functional groups attached to an aromatic ring is 1. The molecule has 92 valence electrons. The largest absolute Gasteiger partial charge is 0.406 e. The third-order valence-electron chi connectivity index (χ3n) is 2.33. The molecule has 3 N–H and O–H groups in total. The van der Waals surface area contributed by atoms with Crippen molar-refractivity contribution in [3.05, 3.63) is 24.0 Å². The molecule has 0 unspecified atom stereocenters. The van der Waals surface area contributed by atoms with Crippen LogP contribution in [-0.2, 0) is 13.2 Å². The van der Waals surface area contributed by atoms with Crippen molar-refractivity contribution in [2.45, 2.75) is 19.3 Å². The summed E-state index contributed by atoms with van der Waals surface area (Å²) in [5, 5.41) is 9.00. The number of hydrogen-bond acceptors (Lipinski definition) is 3. The van der Waals surface area contributed by atoms with Gasteiger partial charge in [0, 0.05) is 5.69 Å². The molecule has 0 amide bonds. The van der Waals surface area contributed by atoms with E-state index in [1.54, 1.807) is 0 Å². The second kappa shape index (κ2) is 3.92. The van der Waals surface area contributed by atoms with Crippen molar-refractivity contribution in [2.75, 3.05) is 5.73 Å². The number of alkyl halides is 3. The summed E-state index contributed by atoms with van der Waals surface area (Å²) in [6.45, 7) is -1.73. The number of aliphatic hydroxyl groups excluding tert-OH is 1. The first kappa shape index (κ1) is 11.7. The Kier molecular flexibility index (Phi) is 2.70. The van der Waals surface area contributed by atoms with E-state index in [2.05, 4.69) is 4.98 Å². The quantitative estimate of drug-likeness (QED) is 0.791. The molecule has 1 heterocycles. The maximum Gasteiger partial charge on any atom is 0.406 e. The average molecular weight is 245 g/mol. The maximum atomic E-state index is 12.4. The minimum absolute atomic E-state index is 0.0251. The van der Waals surface area contributed by atoms with E-state index in [0.29, 0.717) is 16.7 Å². The number of aliphatic hydroxyl groups is 1. The first-order valence-electron chi connectivity index (χ1n) is 4.83. The molecule has 7 heteroatoms. The summed E-state index contributed by atoms with van der Waals surface area (Å²) in [5.74, 6) is -0.0251. The van der Waals surface area contributed by atoms with Gasteiger partial charge in [-0.2, -0.15) is 13.2 Å². The molecule has 0 bridgehead atoms. The lowest BCUT2D eigenvalue weighted by atomic mass is 10.3. The summed E-state index contributed by atoms with van der Waals surface area (Å²) in [4.78, 5) is 3.91. The molecule has 0 saturated heterocycles. The van der Waals surface area contributed by atoms with E-state index in [9.17, 15) is 13.2 Å². The minimum Gasteiger partial charge on any atom is -0.399 e.